The van der Waals surface area contributed by atoms with E-state index in [0.717, 1.165) is 12.8 Å². The van der Waals surface area contributed by atoms with E-state index in [2.05, 4.69) is 47.4 Å². The van der Waals surface area contributed by atoms with Crippen molar-refractivity contribution in [1.29, 1.82) is 0 Å². The summed E-state index contributed by atoms with van der Waals surface area (Å²) in [6.07, 6.45) is 2.90. The minimum Gasteiger partial charge on any atom is -0.396 e. The highest BCUT2D eigenvalue weighted by Crippen LogP contribution is 2.25. The van der Waals surface area contributed by atoms with Gasteiger partial charge in [-0.25, -0.2) is 10.9 Å². The van der Waals surface area contributed by atoms with Crippen molar-refractivity contribution in [2.24, 2.45) is 5.92 Å². The minimum absolute atomic E-state index is 0.0176. The largest absolute Gasteiger partial charge is 0.396 e. The number of carbonyl (C=O) groups is 2. The Labute approximate surface area is 160 Å². The minimum atomic E-state index is -0.271. The van der Waals surface area contributed by atoms with Gasteiger partial charge in [0.2, 0.25) is 11.8 Å². The van der Waals surface area contributed by atoms with Crippen LogP contribution in [-0.4, -0.2) is 54.1 Å². The fourth-order valence-corrected chi connectivity index (χ4v) is 3.78. The molecular weight excluding hydrogens is 344 g/mol. The summed E-state index contributed by atoms with van der Waals surface area (Å²) in [7, 11) is 0. The average molecular weight is 374 g/mol. The van der Waals surface area contributed by atoms with Gasteiger partial charge < -0.3 is 15.3 Å². The third kappa shape index (κ3) is 5.06. The van der Waals surface area contributed by atoms with Crippen molar-refractivity contribution in [3.05, 3.63) is 35.4 Å². The second-order valence-corrected chi connectivity index (χ2v) is 7.53. The molecule has 3 atom stereocenters. The molecular formula is C20H30N4O3. The molecule has 3 unspecified atom stereocenters. The van der Waals surface area contributed by atoms with Crippen LogP contribution in [0.5, 0.6) is 0 Å². The van der Waals surface area contributed by atoms with Crippen molar-refractivity contribution >= 4 is 11.8 Å². The monoisotopic (exact) mass is 374 g/mol. The second-order valence-electron chi connectivity index (χ2n) is 7.53. The van der Waals surface area contributed by atoms with E-state index in [-0.39, 0.29) is 36.4 Å². The first-order valence-corrected chi connectivity index (χ1v) is 9.83. The molecule has 27 heavy (non-hydrogen) atoms. The first kappa shape index (κ1) is 19.8. The van der Waals surface area contributed by atoms with Gasteiger partial charge in [0.25, 0.3) is 0 Å². The molecule has 0 radical (unpaired) electrons. The van der Waals surface area contributed by atoms with Gasteiger partial charge in [0.05, 0.1) is 5.92 Å². The average Bonchev–Trinajstić information content (AvgIpc) is 3.18. The Morgan fingerprint density at radius 2 is 2.04 bits per heavy atom. The number of likely N-dealkylation sites (tertiary alicyclic amines) is 1. The quantitative estimate of drug-likeness (QED) is 0.549. The molecule has 2 fully saturated rings. The molecule has 1 aromatic rings. The van der Waals surface area contributed by atoms with Crippen LogP contribution in [0, 0.1) is 12.8 Å². The van der Waals surface area contributed by atoms with Crippen molar-refractivity contribution < 1.29 is 14.7 Å². The van der Waals surface area contributed by atoms with Gasteiger partial charge in [-0.3, -0.25) is 9.59 Å². The maximum atomic E-state index is 12.9. The number of nitrogens with one attached hydrogen (secondary N) is 3. The van der Waals surface area contributed by atoms with E-state index in [1.807, 2.05) is 4.90 Å². The lowest BCUT2D eigenvalue weighted by Gasteiger charge is -2.33. The van der Waals surface area contributed by atoms with Gasteiger partial charge >= 0.3 is 0 Å². The summed E-state index contributed by atoms with van der Waals surface area (Å²) in [4.78, 5) is 27.0. The molecule has 3 rings (SSSR count). The number of piperidine rings is 1. The summed E-state index contributed by atoms with van der Waals surface area (Å²) in [6, 6.07) is 8.19. The third-order valence-corrected chi connectivity index (χ3v) is 5.42. The molecule has 2 saturated heterocycles. The van der Waals surface area contributed by atoms with Crippen LogP contribution >= 0.6 is 0 Å². The molecule has 0 spiro atoms. The molecule has 7 heteroatoms. The van der Waals surface area contributed by atoms with Gasteiger partial charge in [-0.05, 0) is 38.2 Å². The number of amides is 2. The molecule has 0 saturated carbocycles. The molecule has 2 heterocycles. The lowest BCUT2D eigenvalue weighted by molar-refractivity contribution is -0.137. The predicted molar refractivity (Wildman–Crippen MR) is 103 cm³/mol. The van der Waals surface area contributed by atoms with Gasteiger partial charge in [0.1, 0.15) is 6.04 Å². The van der Waals surface area contributed by atoms with E-state index < -0.39 is 0 Å². The van der Waals surface area contributed by atoms with Crippen LogP contribution < -0.4 is 16.2 Å². The second kappa shape index (κ2) is 9.30. The Morgan fingerprint density at radius 3 is 2.78 bits per heavy atom. The zero-order valence-electron chi connectivity index (χ0n) is 15.9. The standard InChI is InChI=1S/C20H30N4O3/c1-14-5-7-15(8-6-14)17-12-18(23-22-17)20(27)24-10-2-4-16(13-24)19(26)21-9-3-11-25/h5-8,16-18,22-23,25H,2-4,9-13H2,1H3,(H,21,26). The van der Waals surface area contributed by atoms with E-state index in [0.29, 0.717) is 32.5 Å². The molecule has 4 N–H and O–H groups in total. The molecule has 0 bridgehead atoms. The fourth-order valence-electron chi connectivity index (χ4n) is 3.78. The van der Waals surface area contributed by atoms with Crippen molar-refractivity contribution in [3.8, 4) is 0 Å². The van der Waals surface area contributed by atoms with E-state index in [1.165, 1.54) is 11.1 Å². The van der Waals surface area contributed by atoms with Gasteiger partial charge in [-0.2, -0.15) is 0 Å². The number of aryl methyl sites for hydroxylation is 1. The van der Waals surface area contributed by atoms with Crippen LogP contribution in [0.15, 0.2) is 24.3 Å². The Hall–Kier alpha value is -1.96. The highest BCUT2D eigenvalue weighted by molar-refractivity contribution is 5.84. The summed E-state index contributed by atoms with van der Waals surface area (Å²) in [5.41, 5.74) is 8.75. The lowest BCUT2D eigenvalue weighted by Crippen LogP contribution is -2.51. The van der Waals surface area contributed by atoms with Gasteiger partial charge in [-0.1, -0.05) is 29.8 Å². The topological polar surface area (TPSA) is 93.7 Å². The summed E-state index contributed by atoms with van der Waals surface area (Å²) in [6.45, 7) is 3.77. The van der Waals surface area contributed by atoms with Crippen molar-refractivity contribution in [2.45, 2.75) is 44.7 Å². The number of aliphatic hydroxyl groups is 1. The number of benzene rings is 1. The SMILES string of the molecule is Cc1ccc(C2CC(C(=O)N3CCCC(C(=O)NCCCO)C3)NN2)cc1. The molecule has 2 aliphatic rings. The number of aliphatic hydroxyl groups excluding tert-OH is 1. The number of carbonyl (C=O) groups excluding carboxylic acids is 2. The van der Waals surface area contributed by atoms with Crippen LogP contribution in [0.25, 0.3) is 0 Å². The molecule has 148 valence electrons. The fraction of sp³-hybridized carbons (Fsp3) is 0.600. The van der Waals surface area contributed by atoms with Crippen LogP contribution in [0.1, 0.15) is 42.9 Å². The molecule has 2 aliphatic heterocycles. The highest BCUT2D eigenvalue weighted by Gasteiger charge is 2.35. The van der Waals surface area contributed by atoms with Gasteiger partial charge in [-0.15, -0.1) is 0 Å². The van der Waals surface area contributed by atoms with Crippen molar-refractivity contribution in [2.75, 3.05) is 26.2 Å². The normalized spacial score (nSPS) is 25.4. The Morgan fingerprint density at radius 1 is 1.26 bits per heavy atom. The zero-order chi connectivity index (χ0) is 19.2. The Bertz CT molecular complexity index is 649. The maximum absolute atomic E-state index is 12.9. The number of hydrogen-bond donors (Lipinski definition) is 4. The van der Waals surface area contributed by atoms with Crippen LogP contribution in [0.2, 0.25) is 0 Å². The maximum Gasteiger partial charge on any atom is 0.241 e. The van der Waals surface area contributed by atoms with E-state index >= 15 is 0 Å². The summed E-state index contributed by atoms with van der Waals surface area (Å²) in [5, 5.41) is 11.7. The number of nitrogens with zero attached hydrogens (tertiary/aromatic N) is 1. The van der Waals surface area contributed by atoms with Gasteiger partial charge in [0, 0.05) is 32.3 Å². The van der Waals surface area contributed by atoms with Crippen molar-refractivity contribution in [1.82, 2.24) is 21.1 Å². The van der Waals surface area contributed by atoms with Crippen LogP contribution in [-0.2, 0) is 9.59 Å². The van der Waals surface area contributed by atoms with Crippen molar-refractivity contribution in [3.63, 3.8) is 0 Å². The summed E-state index contributed by atoms with van der Waals surface area (Å²) >= 11 is 0. The zero-order valence-corrected chi connectivity index (χ0v) is 15.9. The molecule has 1 aromatic carbocycles. The molecule has 0 aromatic heterocycles. The van der Waals surface area contributed by atoms with Gasteiger partial charge in [0.15, 0.2) is 0 Å². The number of hydrogen-bond acceptors (Lipinski definition) is 5. The van der Waals surface area contributed by atoms with Crippen LogP contribution in [0.4, 0.5) is 0 Å². The first-order valence-electron chi connectivity index (χ1n) is 9.83. The lowest BCUT2D eigenvalue weighted by atomic mass is 9.95. The smallest absolute Gasteiger partial charge is 0.241 e. The Kier molecular flexibility index (Phi) is 6.82. The predicted octanol–water partition coefficient (Wildman–Crippen LogP) is 0.640. The molecule has 7 nitrogen and oxygen atoms in total. The Balaban J connectivity index is 1.53. The number of hydrazine groups is 1. The number of rotatable bonds is 6. The molecule has 2 amide bonds. The summed E-state index contributed by atoms with van der Waals surface area (Å²) in [5.74, 6) is -0.121. The van der Waals surface area contributed by atoms with E-state index in [1.54, 1.807) is 0 Å². The first-order chi connectivity index (χ1) is 13.1. The van der Waals surface area contributed by atoms with Crippen LogP contribution in [0.3, 0.4) is 0 Å². The highest BCUT2D eigenvalue weighted by atomic mass is 16.3. The third-order valence-electron chi connectivity index (χ3n) is 5.42. The van der Waals surface area contributed by atoms with E-state index in [4.69, 9.17) is 5.11 Å². The summed E-state index contributed by atoms with van der Waals surface area (Å²) < 4.78 is 0. The molecule has 0 aliphatic carbocycles. The van der Waals surface area contributed by atoms with E-state index in [9.17, 15) is 9.59 Å².